The summed E-state index contributed by atoms with van der Waals surface area (Å²) in [6.45, 7) is 0. The highest BCUT2D eigenvalue weighted by molar-refractivity contribution is 6.25. The van der Waals surface area contributed by atoms with Gasteiger partial charge in [0.1, 0.15) is 17.1 Å². The van der Waals surface area contributed by atoms with Gasteiger partial charge in [-0.25, -0.2) is 4.98 Å². The van der Waals surface area contributed by atoms with Gasteiger partial charge in [0.2, 0.25) is 0 Å². The summed E-state index contributed by atoms with van der Waals surface area (Å²) >= 11 is 0. The molecule has 0 fully saturated rings. The first-order chi connectivity index (χ1) is 15.6. The molecule has 0 aliphatic rings. The molecule has 0 bridgehead atoms. The number of ether oxygens (including phenoxy) is 1. The zero-order valence-electron chi connectivity index (χ0n) is 17.1. The Bertz CT molecular complexity index is 1610. The van der Waals surface area contributed by atoms with E-state index in [2.05, 4.69) is 63.5 Å². The third kappa shape index (κ3) is 2.63. The molecule has 0 amide bonds. The molecule has 32 heavy (non-hydrogen) atoms. The van der Waals surface area contributed by atoms with Gasteiger partial charge in [-0.2, -0.15) is 9.97 Å². The van der Waals surface area contributed by atoms with Gasteiger partial charge in [0.25, 0.3) is 0 Å². The van der Waals surface area contributed by atoms with E-state index in [9.17, 15) is 10.2 Å². The van der Waals surface area contributed by atoms with Crippen LogP contribution in [0.3, 0.4) is 0 Å². The monoisotopic (exact) mass is 419 g/mol. The minimum absolute atomic E-state index is 0.0957. The van der Waals surface area contributed by atoms with E-state index in [1.54, 1.807) is 6.07 Å². The minimum atomic E-state index is -0.125. The largest absolute Gasteiger partial charge is 0.507 e. The first-order valence-corrected chi connectivity index (χ1v) is 10.1. The summed E-state index contributed by atoms with van der Waals surface area (Å²) in [5, 5.41) is 27.5. The van der Waals surface area contributed by atoms with Gasteiger partial charge in [-0.1, -0.05) is 54.6 Å². The van der Waals surface area contributed by atoms with E-state index in [1.165, 1.54) is 35.4 Å². The Labute approximate surface area is 182 Å². The minimum Gasteiger partial charge on any atom is -0.507 e. The van der Waals surface area contributed by atoms with Crippen molar-refractivity contribution in [3.05, 3.63) is 72.8 Å². The van der Waals surface area contributed by atoms with E-state index in [4.69, 9.17) is 4.74 Å². The fourth-order valence-electron chi connectivity index (χ4n) is 4.37. The van der Waals surface area contributed by atoms with Crippen LogP contribution >= 0.6 is 0 Å². The molecular weight excluding hydrogens is 402 g/mol. The lowest BCUT2D eigenvalue weighted by atomic mass is 9.92. The second kappa shape index (κ2) is 6.78. The van der Waals surface area contributed by atoms with Crippen molar-refractivity contribution in [3.8, 4) is 40.3 Å². The van der Waals surface area contributed by atoms with Crippen LogP contribution in [0, 0.1) is 0 Å². The lowest BCUT2D eigenvalue weighted by Gasteiger charge is -2.14. The molecule has 0 aliphatic heterocycles. The lowest BCUT2D eigenvalue weighted by molar-refractivity contribution is 0.379. The van der Waals surface area contributed by atoms with Gasteiger partial charge < -0.3 is 14.9 Å². The summed E-state index contributed by atoms with van der Waals surface area (Å²) in [6.07, 6.45) is 0. The Kier molecular flexibility index (Phi) is 3.89. The van der Waals surface area contributed by atoms with Gasteiger partial charge in [-0.05, 0) is 50.5 Å². The molecule has 6 rings (SSSR count). The average molecular weight is 419 g/mol. The highest BCUT2D eigenvalue weighted by Gasteiger charge is 2.19. The number of benzene rings is 5. The molecule has 0 spiro atoms. The van der Waals surface area contributed by atoms with Gasteiger partial charge >= 0.3 is 6.01 Å². The maximum absolute atomic E-state index is 10.3. The lowest BCUT2D eigenvalue weighted by Crippen LogP contribution is -2.01. The molecule has 0 atom stereocenters. The number of nitrogens with zero attached hydrogens (tertiary/aromatic N) is 3. The number of hydrogen-bond donors (Lipinski definition) is 2. The summed E-state index contributed by atoms with van der Waals surface area (Å²) in [5.41, 5.74) is 0.944. The number of aromatic nitrogens is 3. The molecule has 2 N–H and O–H groups in total. The van der Waals surface area contributed by atoms with Crippen LogP contribution in [0.4, 0.5) is 0 Å². The maximum Gasteiger partial charge on any atom is 0.320 e. The maximum atomic E-state index is 10.3. The van der Waals surface area contributed by atoms with Crippen molar-refractivity contribution >= 4 is 32.3 Å². The summed E-state index contributed by atoms with van der Waals surface area (Å²) in [5.74, 6) is 0.278. The van der Waals surface area contributed by atoms with Crippen LogP contribution in [0.1, 0.15) is 0 Å². The molecule has 6 heteroatoms. The zero-order chi connectivity index (χ0) is 21.8. The zero-order valence-corrected chi connectivity index (χ0v) is 17.1. The van der Waals surface area contributed by atoms with E-state index in [-0.39, 0.29) is 28.9 Å². The van der Waals surface area contributed by atoms with Gasteiger partial charge in [-0.15, -0.1) is 0 Å². The Morgan fingerprint density at radius 3 is 1.94 bits per heavy atom. The van der Waals surface area contributed by atoms with Crippen molar-refractivity contribution in [1.82, 2.24) is 15.0 Å². The van der Waals surface area contributed by atoms with Gasteiger partial charge in [-0.3, -0.25) is 0 Å². The highest BCUT2D eigenvalue weighted by Crippen LogP contribution is 2.40. The number of methoxy groups -OCH3 is 1. The first-order valence-electron chi connectivity index (χ1n) is 10.1. The molecule has 154 valence electrons. The van der Waals surface area contributed by atoms with Crippen molar-refractivity contribution < 1.29 is 14.9 Å². The van der Waals surface area contributed by atoms with Crippen LogP contribution in [-0.2, 0) is 0 Å². The summed E-state index contributed by atoms with van der Waals surface area (Å²) in [7, 11) is 1.47. The number of hydrogen-bond acceptors (Lipinski definition) is 6. The third-order valence-electron chi connectivity index (χ3n) is 5.81. The summed E-state index contributed by atoms with van der Waals surface area (Å²) in [4.78, 5) is 13.4. The summed E-state index contributed by atoms with van der Waals surface area (Å²) in [6, 6.07) is 23.3. The topological polar surface area (TPSA) is 88.4 Å². The van der Waals surface area contributed by atoms with E-state index in [1.807, 2.05) is 6.07 Å². The van der Waals surface area contributed by atoms with Crippen LogP contribution in [0.25, 0.3) is 55.1 Å². The quantitative estimate of drug-likeness (QED) is 0.367. The molecule has 1 aromatic heterocycles. The fourth-order valence-corrected chi connectivity index (χ4v) is 4.37. The van der Waals surface area contributed by atoms with E-state index < -0.39 is 0 Å². The normalized spacial score (nSPS) is 11.5. The van der Waals surface area contributed by atoms with Crippen molar-refractivity contribution in [3.63, 3.8) is 0 Å². The Balaban J connectivity index is 1.67. The number of phenols is 2. The number of rotatable bonds is 3. The smallest absolute Gasteiger partial charge is 0.320 e. The van der Waals surface area contributed by atoms with Crippen LogP contribution in [0.15, 0.2) is 72.8 Å². The predicted octanol–water partition coefficient (Wildman–Crippen LogP) is 5.52. The van der Waals surface area contributed by atoms with Crippen LogP contribution in [0.5, 0.6) is 17.5 Å². The SMILES string of the molecule is COc1nc(-c2c(O)cccc2O)nc(-c2ccc3ccc4cccc5ccc2c3c45)n1. The van der Waals surface area contributed by atoms with Gasteiger partial charge in [0, 0.05) is 5.56 Å². The Morgan fingerprint density at radius 1 is 0.625 bits per heavy atom. The van der Waals surface area contributed by atoms with E-state index in [0.717, 1.165) is 21.7 Å². The Morgan fingerprint density at radius 2 is 1.22 bits per heavy atom. The van der Waals surface area contributed by atoms with E-state index in [0.29, 0.717) is 5.82 Å². The van der Waals surface area contributed by atoms with E-state index >= 15 is 0 Å². The average Bonchev–Trinajstić information content (AvgIpc) is 2.82. The molecule has 0 saturated heterocycles. The molecule has 0 aliphatic carbocycles. The molecule has 5 aromatic carbocycles. The van der Waals surface area contributed by atoms with Crippen LogP contribution in [0.2, 0.25) is 0 Å². The van der Waals surface area contributed by atoms with Crippen molar-refractivity contribution in [2.75, 3.05) is 7.11 Å². The summed E-state index contributed by atoms with van der Waals surface area (Å²) < 4.78 is 5.32. The standard InChI is InChI=1S/C26H17N3O3/c1-32-26-28-24(27-25(29-26)23-19(30)6-3-7-20(23)31)18-13-11-16-9-8-14-4-2-5-15-10-12-17(18)22(16)21(14)15/h2-13,30-31H,1H3. The Hall–Kier alpha value is -4.45. The second-order valence-corrected chi connectivity index (χ2v) is 7.61. The number of aromatic hydroxyl groups is 2. The van der Waals surface area contributed by atoms with Crippen LogP contribution in [-0.4, -0.2) is 32.3 Å². The van der Waals surface area contributed by atoms with Crippen molar-refractivity contribution in [1.29, 1.82) is 0 Å². The van der Waals surface area contributed by atoms with Gasteiger partial charge in [0.05, 0.1) is 7.11 Å². The highest BCUT2D eigenvalue weighted by atomic mass is 16.5. The molecule has 6 aromatic rings. The second-order valence-electron chi connectivity index (χ2n) is 7.61. The molecule has 1 heterocycles. The van der Waals surface area contributed by atoms with Crippen molar-refractivity contribution in [2.24, 2.45) is 0 Å². The third-order valence-corrected chi connectivity index (χ3v) is 5.81. The van der Waals surface area contributed by atoms with Crippen molar-refractivity contribution in [2.45, 2.75) is 0 Å². The molecular formula is C26H17N3O3. The molecule has 6 nitrogen and oxygen atoms in total. The van der Waals surface area contributed by atoms with Gasteiger partial charge in [0.15, 0.2) is 11.6 Å². The van der Waals surface area contributed by atoms with Crippen LogP contribution < -0.4 is 4.74 Å². The predicted molar refractivity (Wildman–Crippen MR) is 124 cm³/mol. The fraction of sp³-hybridized carbons (Fsp3) is 0.0385. The number of phenolic OH excluding ortho intramolecular Hbond substituents is 2. The molecule has 0 radical (unpaired) electrons. The first kappa shape index (κ1) is 18.3. The molecule has 0 unspecified atom stereocenters. The molecule has 0 saturated carbocycles.